The summed E-state index contributed by atoms with van der Waals surface area (Å²) in [4.78, 5) is 0. The minimum atomic E-state index is -0.891. The molecular formula is C16H20N2O. The van der Waals surface area contributed by atoms with Crippen LogP contribution in [0.25, 0.3) is 0 Å². The fourth-order valence-electron chi connectivity index (χ4n) is 3.79. The van der Waals surface area contributed by atoms with E-state index in [0.29, 0.717) is 12.8 Å². The number of aryl methyl sites for hydroxylation is 1. The van der Waals surface area contributed by atoms with Crippen molar-refractivity contribution in [3.63, 3.8) is 0 Å². The van der Waals surface area contributed by atoms with E-state index in [1.165, 1.54) is 5.56 Å². The fourth-order valence-corrected chi connectivity index (χ4v) is 3.79. The van der Waals surface area contributed by atoms with Gasteiger partial charge in [-0.15, -0.1) is 0 Å². The zero-order valence-electron chi connectivity index (χ0n) is 11.2. The van der Waals surface area contributed by atoms with E-state index < -0.39 is 11.0 Å². The van der Waals surface area contributed by atoms with Crippen LogP contribution in [-0.4, -0.2) is 23.8 Å². The Hall–Kier alpha value is -1.37. The average molecular weight is 256 g/mol. The lowest BCUT2D eigenvalue weighted by molar-refractivity contribution is -0.0276. The predicted octanol–water partition coefficient (Wildman–Crippen LogP) is 1.90. The maximum absolute atomic E-state index is 11.2. The van der Waals surface area contributed by atoms with E-state index in [2.05, 4.69) is 17.5 Å². The molecule has 100 valence electrons. The molecule has 1 fully saturated rings. The summed E-state index contributed by atoms with van der Waals surface area (Å²) < 4.78 is 0. The van der Waals surface area contributed by atoms with Gasteiger partial charge in [0.2, 0.25) is 0 Å². The first-order chi connectivity index (χ1) is 9.22. The van der Waals surface area contributed by atoms with E-state index in [4.69, 9.17) is 0 Å². The number of nitrogens with one attached hydrogen (secondary N) is 1. The lowest BCUT2D eigenvalue weighted by Crippen LogP contribution is -2.50. The monoisotopic (exact) mass is 256 g/mol. The van der Waals surface area contributed by atoms with Crippen LogP contribution in [0.3, 0.4) is 0 Å². The Kier molecular flexibility index (Phi) is 3.08. The number of benzene rings is 1. The normalized spacial score (nSPS) is 34.3. The van der Waals surface area contributed by atoms with Crippen LogP contribution in [0.4, 0.5) is 0 Å². The van der Waals surface area contributed by atoms with Gasteiger partial charge in [0, 0.05) is 0 Å². The summed E-state index contributed by atoms with van der Waals surface area (Å²) in [6, 6.07) is 10.6. The van der Waals surface area contributed by atoms with E-state index in [1.54, 1.807) is 0 Å². The number of aliphatic hydroxyl groups is 1. The van der Waals surface area contributed by atoms with Crippen molar-refractivity contribution in [2.24, 2.45) is 0 Å². The quantitative estimate of drug-likeness (QED) is 0.807. The molecule has 2 aliphatic rings. The molecule has 0 saturated carbocycles. The number of rotatable bonds is 1. The van der Waals surface area contributed by atoms with Gasteiger partial charge in [-0.25, -0.2) is 0 Å². The van der Waals surface area contributed by atoms with Crippen LogP contribution in [0.1, 0.15) is 36.8 Å². The molecule has 3 heteroatoms. The summed E-state index contributed by atoms with van der Waals surface area (Å²) >= 11 is 0. The molecule has 0 amide bonds. The van der Waals surface area contributed by atoms with Gasteiger partial charge < -0.3 is 10.4 Å². The third-order valence-corrected chi connectivity index (χ3v) is 4.89. The van der Waals surface area contributed by atoms with Gasteiger partial charge in [-0.1, -0.05) is 24.3 Å². The second-order valence-electron chi connectivity index (χ2n) is 5.81. The minimum Gasteiger partial charge on any atom is -0.388 e. The fraction of sp³-hybridized carbons (Fsp3) is 0.562. The lowest BCUT2D eigenvalue weighted by atomic mass is 9.65. The van der Waals surface area contributed by atoms with Gasteiger partial charge in [-0.2, -0.15) is 5.26 Å². The molecule has 2 atom stereocenters. The standard InChI is InChI=1S/C16H20N2O/c17-12-15(16(19)7-3-10-18-11-9-16)8-6-13-4-1-2-5-14(13)15/h1-2,4-5,18-19H,3,6-11H2. The number of fused-ring (bicyclic) bond motifs is 1. The summed E-state index contributed by atoms with van der Waals surface area (Å²) in [5.74, 6) is 0. The smallest absolute Gasteiger partial charge is 0.111 e. The highest BCUT2D eigenvalue weighted by molar-refractivity contribution is 5.47. The molecule has 3 nitrogen and oxygen atoms in total. The Bertz CT molecular complexity index is 512. The van der Waals surface area contributed by atoms with Crippen LogP contribution >= 0.6 is 0 Å². The zero-order valence-corrected chi connectivity index (χ0v) is 11.2. The zero-order chi connectivity index (χ0) is 13.3. The Balaban J connectivity index is 2.08. The summed E-state index contributed by atoms with van der Waals surface area (Å²) in [6.45, 7) is 1.73. The number of hydrogen-bond donors (Lipinski definition) is 2. The van der Waals surface area contributed by atoms with Gasteiger partial charge in [0.15, 0.2) is 0 Å². The van der Waals surface area contributed by atoms with Gasteiger partial charge in [0.05, 0.1) is 11.7 Å². The van der Waals surface area contributed by atoms with Gasteiger partial charge in [-0.3, -0.25) is 0 Å². The van der Waals surface area contributed by atoms with Gasteiger partial charge in [0.25, 0.3) is 0 Å². The van der Waals surface area contributed by atoms with Crippen LogP contribution < -0.4 is 5.32 Å². The topological polar surface area (TPSA) is 56.0 Å². The number of nitrogens with zero attached hydrogens (tertiary/aromatic N) is 1. The third-order valence-electron chi connectivity index (χ3n) is 4.89. The van der Waals surface area contributed by atoms with Gasteiger partial charge in [0.1, 0.15) is 5.41 Å². The van der Waals surface area contributed by atoms with Crippen LogP contribution in [0.15, 0.2) is 24.3 Å². The molecule has 19 heavy (non-hydrogen) atoms. The molecule has 1 saturated heterocycles. The largest absolute Gasteiger partial charge is 0.388 e. The van der Waals surface area contributed by atoms with Crippen molar-refractivity contribution in [2.75, 3.05) is 13.1 Å². The Labute approximate surface area is 114 Å². The highest BCUT2D eigenvalue weighted by Gasteiger charge is 2.54. The lowest BCUT2D eigenvalue weighted by Gasteiger charge is -2.40. The van der Waals surface area contributed by atoms with E-state index >= 15 is 0 Å². The maximum atomic E-state index is 11.2. The molecule has 0 spiro atoms. The van der Waals surface area contributed by atoms with Crippen LogP contribution in [0.5, 0.6) is 0 Å². The maximum Gasteiger partial charge on any atom is 0.111 e. The minimum absolute atomic E-state index is 0.662. The summed E-state index contributed by atoms with van der Waals surface area (Å²) in [5, 5.41) is 24.3. The molecule has 1 heterocycles. The molecule has 0 aromatic heterocycles. The van der Waals surface area contributed by atoms with Crippen molar-refractivity contribution in [2.45, 2.75) is 43.1 Å². The van der Waals surface area contributed by atoms with E-state index in [-0.39, 0.29) is 0 Å². The van der Waals surface area contributed by atoms with Gasteiger partial charge >= 0.3 is 0 Å². The highest BCUT2D eigenvalue weighted by Crippen LogP contribution is 2.49. The van der Waals surface area contributed by atoms with Crippen molar-refractivity contribution in [1.82, 2.24) is 5.32 Å². The predicted molar refractivity (Wildman–Crippen MR) is 73.7 cm³/mol. The average Bonchev–Trinajstić information content (AvgIpc) is 2.69. The van der Waals surface area contributed by atoms with Crippen molar-refractivity contribution >= 4 is 0 Å². The second kappa shape index (κ2) is 4.63. The van der Waals surface area contributed by atoms with Crippen LogP contribution in [0.2, 0.25) is 0 Å². The van der Waals surface area contributed by atoms with Crippen molar-refractivity contribution in [3.8, 4) is 6.07 Å². The Morgan fingerprint density at radius 1 is 1.16 bits per heavy atom. The van der Waals surface area contributed by atoms with Crippen molar-refractivity contribution in [3.05, 3.63) is 35.4 Å². The van der Waals surface area contributed by atoms with Crippen molar-refractivity contribution in [1.29, 1.82) is 5.26 Å². The second-order valence-corrected chi connectivity index (χ2v) is 5.81. The van der Waals surface area contributed by atoms with Crippen molar-refractivity contribution < 1.29 is 5.11 Å². The van der Waals surface area contributed by atoms with E-state index in [9.17, 15) is 10.4 Å². The van der Waals surface area contributed by atoms with Crippen LogP contribution in [0, 0.1) is 11.3 Å². The summed E-state index contributed by atoms with van der Waals surface area (Å²) in [7, 11) is 0. The van der Waals surface area contributed by atoms with E-state index in [0.717, 1.165) is 37.9 Å². The first-order valence-corrected chi connectivity index (χ1v) is 7.15. The van der Waals surface area contributed by atoms with Gasteiger partial charge in [-0.05, 0) is 56.3 Å². The number of nitriles is 1. The molecule has 3 rings (SSSR count). The molecule has 2 unspecified atom stereocenters. The first-order valence-electron chi connectivity index (χ1n) is 7.15. The molecule has 2 N–H and O–H groups in total. The molecule has 1 aliphatic carbocycles. The summed E-state index contributed by atoms with van der Waals surface area (Å²) in [5.41, 5.74) is 0.685. The molecule has 0 bridgehead atoms. The number of hydrogen-bond acceptors (Lipinski definition) is 3. The SMILES string of the molecule is N#CC1(C2(O)CCCNCC2)CCc2ccccc21. The molecule has 0 radical (unpaired) electrons. The Morgan fingerprint density at radius 3 is 2.84 bits per heavy atom. The van der Waals surface area contributed by atoms with E-state index in [1.807, 2.05) is 18.2 Å². The molecule has 1 aromatic rings. The third kappa shape index (κ3) is 1.79. The van der Waals surface area contributed by atoms with Crippen LogP contribution in [-0.2, 0) is 11.8 Å². The molecular weight excluding hydrogens is 236 g/mol. The highest BCUT2D eigenvalue weighted by atomic mass is 16.3. The summed E-state index contributed by atoms with van der Waals surface area (Å²) in [6.07, 6.45) is 3.96. The Morgan fingerprint density at radius 2 is 2.00 bits per heavy atom. The molecule has 1 aliphatic heterocycles. The molecule has 1 aromatic carbocycles. The first kappa shape index (κ1) is 12.7.